The normalized spacial score (nSPS) is 11.3. The van der Waals surface area contributed by atoms with E-state index in [1.807, 2.05) is 0 Å². The van der Waals surface area contributed by atoms with Crippen LogP contribution in [0.5, 0.6) is 0 Å². The number of pyridine rings is 1. The maximum atomic E-state index is 12.5. The zero-order chi connectivity index (χ0) is 17.4. The van der Waals surface area contributed by atoms with Crippen LogP contribution >= 0.6 is 23.2 Å². The Morgan fingerprint density at radius 3 is 2.43 bits per heavy atom. The number of rotatable bonds is 4. The number of sulfonamides is 1. The van der Waals surface area contributed by atoms with Crippen molar-refractivity contribution in [2.45, 2.75) is 18.7 Å². The second-order valence-corrected chi connectivity index (χ2v) is 7.16. The molecule has 0 aliphatic rings. The summed E-state index contributed by atoms with van der Waals surface area (Å²) in [7, 11) is -4.10. The van der Waals surface area contributed by atoms with E-state index in [0.717, 1.165) is 6.07 Å². The topological polar surface area (TPSA) is 102 Å². The van der Waals surface area contributed by atoms with Crippen LogP contribution in [0, 0.1) is 24.0 Å². The van der Waals surface area contributed by atoms with Crippen LogP contribution in [0.15, 0.2) is 29.2 Å². The molecule has 7 nitrogen and oxygen atoms in total. The lowest BCUT2D eigenvalue weighted by Crippen LogP contribution is -2.16. The van der Waals surface area contributed by atoms with E-state index in [4.69, 9.17) is 23.2 Å². The van der Waals surface area contributed by atoms with Crippen LogP contribution in [0.4, 0.5) is 11.5 Å². The molecule has 1 N–H and O–H groups in total. The summed E-state index contributed by atoms with van der Waals surface area (Å²) in [6.07, 6.45) is 0. The Balaban J connectivity index is 2.50. The first kappa shape index (κ1) is 17.5. The average Bonchev–Trinajstić information content (AvgIpc) is 2.44. The Hall–Kier alpha value is -1.90. The monoisotopic (exact) mass is 375 g/mol. The summed E-state index contributed by atoms with van der Waals surface area (Å²) in [6, 6.07) is 4.93. The first-order valence-electron chi connectivity index (χ1n) is 6.22. The molecule has 23 heavy (non-hydrogen) atoms. The fourth-order valence-corrected chi connectivity index (χ4v) is 3.55. The molecule has 0 atom stereocenters. The van der Waals surface area contributed by atoms with Crippen molar-refractivity contribution in [2.24, 2.45) is 0 Å². The van der Waals surface area contributed by atoms with Gasteiger partial charge < -0.3 is 0 Å². The second kappa shape index (κ2) is 6.31. The molecule has 1 aromatic heterocycles. The summed E-state index contributed by atoms with van der Waals surface area (Å²) in [6.45, 7) is 3.12. The van der Waals surface area contributed by atoms with Gasteiger partial charge in [-0.25, -0.2) is 13.4 Å². The van der Waals surface area contributed by atoms with Crippen LogP contribution < -0.4 is 4.72 Å². The Morgan fingerprint density at radius 1 is 1.17 bits per heavy atom. The maximum absolute atomic E-state index is 12.5. The molecule has 0 radical (unpaired) electrons. The van der Waals surface area contributed by atoms with Gasteiger partial charge in [0.05, 0.1) is 25.6 Å². The number of nitro groups is 1. The summed E-state index contributed by atoms with van der Waals surface area (Å²) in [4.78, 5) is 13.9. The van der Waals surface area contributed by atoms with Crippen LogP contribution in [0.25, 0.3) is 0 Å². The third-order valence-corrected chi connectivity index (χ3v) is 5.16. The number of anilines is 1. The first-order valence-corrected chi connectivity index (χ1v) is 8.46. The van der Waals surface area contributed by atoms with Crippen molar-refractivity contribution in [3.8, 4) is 0 Å². The summed E-state index contributed by atoms with van der Waals surface area (Å²) in [5, 5.41) is 11.1. The van der Waals surface area contributed by atoms with Gasteiger partial charge in [0.2, 0.25) is 0 Å². The van der Waals surface area contributed by atoms with E-state index in [1.165, 1.54) is 25.1 Å². The lowest BCUT2D eigenvalue weighted by Gasteiger charge is -2.12. The number of aryl methyl sites for hydroxylation is 2. The molecule has 0 amide bonds. The molecule has 0 fully saturated rings. The number of non-ortho nitro benzene ring substituents is 1. The highest BCUT2D eigenvalue weighted by Gasteiger charge is 2.22. The van der Waals surface area contributed by atoms with Crippen molar-refractivity contribution in [1.82, 2.24) is 4.98 Å². The highest BCUT2D eigenvalue weighted by atomic mass is 35.5. The molecule has 2 aromatic rings. The van der Waals surface area contributed by atoms with E-state index in [2.05, 4.69) is 9.71 Å². The Kier molecular flexibility index (Phi) is 4.79. The molecule has 0 unspecified atom stereocenters. The van der Waals surface area contributed by atoms with Crippen LogP contribution in [0.1, 0.15) is 11.3 Å². The van der Waals surface area contributed by atoms with E-state index >= 15 is 0 Å². The Labute approximate surface area is 142 Å². The number of nitrogens with zero attached hydrogens (tertiary/aromatic N) is 2. The highest BCUT2D eigenvalue weighted by molar-refractivity contribution is 7.92. The zero-order valence-electron chi connectivity index (χ0n) is 12.0. The predicted octanol–water partition coefficient (Wildman–Crippen LogP) is 3.71. The molecule has 0 saturated heterocycles. The van der Waals surface area contributed by atoms with Crippen molar-refractivity contribution in [2.75, 3.05) is 4.72 Å². The number of aromatic nitrogens is 1. The molecule has 1 aromatic carbocycles. The molecule has 0 saturated carbocycles. The molecule has 0 aliphatic carbocycles. The fraction of sp³-hybridized carbons (Fsp3) is 0.154. The van der Waals surface area contributed by atoms with Crippen molar-refractivity contribution < 1.29 is 13.3 Å². The predicted molar refractivity (Wildman–Crippen MR) is 87.6 cm³/mol. The molecule has 0 aliphatic heterocycles. The number of halogens is 2. The number of hydrogen-bond acceptors (Lipinski definition) is 5. The lowest BCUT2D eigenvalue weighted by molar-refractivity contribution is -0.385. The smallest absolute Gasteiger partial charge is 0.262 e. The van der Waals surface area contributed by atoms with Gasteiger partial charge in [0.25, 0.3) is 15.7 Å². The van der Waals surface area contributed by atoms with Gasteiger partial charge in [-0.05, 0) is 25.5 Å². The standard InChI is InChI=1S/C13H11Cl2N3O4S/c1-7-3-4-9(18(19)20)5-12(7)23(21,22)17-13-11(15)6-10(14)8(2)16-13/h3-6H,1-2H3,(H,16,17). The molecule has 122 valence electrons. The van der Waals surface area contributed by atoms with Crippen LogP contribution in [-0.4, -0.2) is 18.3 Å². The van der Waals surface area contributed by atoms with Crippen LogP contribution in [0.2, 0.25) is 10.0 Å². The third kappa shape index (κ3) is 3.72. The quantitative estimate of drug-likeness (QED) is 0.647. The van der Waals surface area contributed by atoms with Crippen molar-refractivity contribution >= 4 is 44.7 Å². The molecule has 10 heteroatoms. The van der Waals surface area contributed by atoms with Crippen LogP contribution in [0.3, 0.4) is 0 Å². The molecular weight excluding hydrogens is 365 g/mol. The minimum absolute atomic E-state index is 0.0206. The molecule has 0 spiro atoms. The van der Waals surface area contributed by atoms with E-state index in [1.54, 1.807) is 6.92 Å². The van der Waals surface area contributed by atoms with Crippen molar-refractivity contribution in [1.29, 1.82) is 0 Å². The van der Waals surface area contributed by atoms with Gasteiger partial charge in [-0.1, -0.05) is 29.3 Å². The summed E-state index contributed by atoms with van der Waals surface area (Å²) >= 11 is 11.8. The van der Waals surface area contributed by atoms with Gasteiger partial charge in [-0.3, -0.25) is 14.8 Å². The summed E-state index contributed by atoms with van der Waals surface area (Å²) in [5.74, 6) is -0.0977. The van der Waals surface area contributed by atoms with E-state index in [-0.39, 0.29) is 21.4 Å². The third-order valence-electron chi connectivity index (χ3n) is 3.01. The number of nitro benzene ring substituents is 1. The Bertz CT molecular complexity index is 900. The Morgan fingerprint density at radius 2 is 1.83 bits per heavy atom. The lowest BCUT2D eigenvalue weighted by atomic mass is 10.2. The maximum Gasteiger partial charge on any atom is 0.270 e. The summed E-state index contributed by atoms with van der Waals surface area (Å²) in [5.41, 5.74) is 0.414. The molecule has 0 bridgehead atoms. The van der Waals surface area contributed by atoms with E-state index in [0.29, 0.717) is 16.3 Å². The van der Waals surface area contributed by atoms with Crippen molar-refractivity contribution in [3.63, 3.8) is 0 Å². The molecule has 2 rings (SSSR count). The summed E-state index contributed by atoms with van der Waals surface area (Å²) < 4.78 is 27.2. The minimum atomic E-state index is -4.10. The minimum Gasteiger partial charge on any atom is -0.262 e. The van der Waals surface area contributed by atoms with Gasteiger partial charge in [0, 0.05) is 12.1 Å². The fourth-order valence-electron chi connectivity index (χ4n) is 1.80. The SMILES string of the molecule is Cc1ccc([N+](=O)[O-])cc1S(=O)(=O)Nc1nc(C)c(Cl)cc1Cl. The zero-order valence-corrected chi connectivity index (χ0v) is 14.3. The number of nitrogens with one attached hydrogen (secondary N) is 1. The first-order chi connectivity index (χ1) is 10.6. The van der Waals surface area contributed by atoms with E-state index < -0.39 is 14.9 Å². The van der Waals surface area contributed by atoms with Gasteiger partial charge in [-0.15, -0.1) is 0 Å². The molecule has 1 heterocycles. The second-order valence-electron chi connectivity index (χ2n) is 4.70. The van der Waals surface area contributed by atoms with Crippen molar-refractivity contribution in [3.05, 3.63) is 55.7 Å². The van der Waals surface area contributed by atoms with Gasteiger partial charge in [0.1, 0.15) is 0 Å². The average molecular weight is 376 g/mol. The largest absolute Gasteiger partial charge is 0.270 e. The number of hydrogen-bond donors (Lipinski definition) is 1. The highest BCUT2D eigenvalue weighted by Crippen LogP contribution is 2.29. The van der Waals surface area contributed by atoms with Gasteiger partial charge >= 0.3 is 0 Å². The van der Waals surface area contributed by atoms with Crippen LogP contribution in [-0.2, 0) is 10.0 Å². The molecular formula is C13H11Cl2N3O4S. The van der Waals surface area contributed by atoms with E-state index in [9.17, 15) is 18.5 Å². The van der Waals surface area contributed by atoms with Gasteiger partial charge in [0.15, 0.2) is 5.82 Å². The number of benzene rings is 1. The van der Waals surface area contributed by atoms with Gasteiger partial charge in [-0.2, -0.15) is 0 Å².